The van der Waals surface area contributed by atoms with E-state index in [1.54, 1.807) is 0 Å². The molecular weight excluding hydrogens is 660 g/mol. The van der Waals surface area contributed by atoms with Gasteiger partial charge in [0.15, 0.2) is 49.2 Å². The first-order valence-electron chi connectivity index (χ1n) is 15.7. The highest BCUT2D eigenvalue weighted by Gasteiger charge is 2.54. The number of ether oxygens (including phenoxy) is 11. The normalized spacial score (nSPS) is 28.6. The van der Waals surface area contributed by atoms with Gasteiger partial charge in [0.05, 0.1) is 32.3 Å². The number of unbranched alkanes of at least 4 members (excludes halogenated alkanes) is 1. The summed E-state index contributed by atoms with van der Waals surface area (Å²) in [5.74, 6) is -5.36. The molecule has 0 aliphatic carbocycles. The Bertz CT molecular complexity index is 1170. The van der Waals surface area contributed by atoms with Crippen molar-refractivity contribution in [1.29, 1.82) is 0 Å². The third-order valence-electron chi connectivity index (χ3n) is 6.81. The van der Waals surface area contributed by atoms with Gasteiger partial charge in [-0.3, -0.25) is 33.6 Å². The number of carbonyl (C=O) groups excluding carboxylic acids is 7. The Morgan fingerprint density at radius 1 is 0.653 bits per heavy atom. The Morgan fingerprint density at radius 3 is 1.67 bits per heavy atom. The SMILES string of the molecule is CCCCOC(=O)C[C@H](C)O[C@@H]1O[C@H](CO[C@@H]2OC[C@H](OC(C)=O)[C@H](OC(C)=O)[C@H]2OC(C)=O)[C@@H](OC(C)=O)[C@H](OC(C)=O)[C@H]1OC(C)=O. The Kier molecular flexibility index (Phi) is 16.8. The lowest BCUT2D eigenvalue weighted by atomic mass is 9.97. The second-order valence-electron chi connectivity index (χ2n) is 11.3. The molecule has 0 N–H and O–H groups in total. The average Bonchev–Trinajstić information content (AvgIpc) is 2.96. The zero-order valence-corrected chi connectivity index (χ0v) is 28.9. The van der Waals surface area contributed by atoms with E-state index in [4.69, 9.17) is 52.1 Å². The zero-order valence-electron chi connectivity index (χ0n) is 28.9. The third-order valence-corrected chi connectivity index (χ3v) is 6.81. The maximum absolute atomic E-state index is 12.4. The van der Waals surface area contributed by atoms with Crippen molar-refractivity contribution < 1.29 is 85.7 Å². The van der Waals surface area contributed by atoms with Crippen LogP contribution < -0.4 is 0 Å². The van der Waals surface area contributed by atoms with Crippen LogP contribution >= 0.6 is 0 Å². The number of esters is 7. The van der Waals surface area contributed by atoms with Crippen molar-refractivity contribution in [2.24, 2.45) is 0 Å². The Labute approximate surface area is 283 Å². The first kappa shape index (κ1) is 41.3. The van der Waals surface area contributed by atoms with Gasteiger partial charge in [0, 0.05) is 41.5 Å². The predicted octanol–water partition coefficient (Wildman–Crippen LogP) is 0.813. The lowest BCUT2D eigenvalue weighted by Gasteiger charge is -2.45. The highest BCUT2D eigenvalue weighted by Crippen LogP contribution is 2.32. The molecule has 0 radical (unpaired) electrons. The first-order chi connectivity index (χ1) is 23.0. The fraction of sp³-hybridized carbons (Fsp3) is 0.774. The van der Waals surface area contributed by atoms with Crippen LogP contribution in [0.2, 0.25) is 0 Å². The summed E-state index contributed by atoms with van der Waals surface area (Å²) in [6, 6.07) is 0. The van der Waals surface area contributed by atoms with Gasteiger partial charge in [0.1, 0.15) is 6.10 Å². The van der Waals surface area contributed by atoms with E-state index in [9.17, 15) is 33.6 Å². The van der Waals surface area contributed by atoms with Gasteiger partial charge in [-0.2, -0.15) is 0 Å². The molecule has 49 heavy (non-hydrogen) atoms. The molecule has 2 fully saturated rings. The van der Waals surface area contributed by atoms with E-state index in [1.807, 2.05) is 6.92 Å². The van der Waals surface area contributed by atoms with Crippen molar-refractivity contribution in [2.45, 2.75) is 136 Å². The molecule has 0 aromatic rings. The Morgan fingerprint density at radius 2 is 1.14 bits per heavy atom. The molecule has 18 nitrogen and oxygen atoms in total. The molecule has 18 heteroatoms. The summed E-state index contributed by atoms with van der Waals surface area (Å²) < 4.78 is 61.1. The summed E-state index contributed by atoms with van der Waals surface area (Å²) in [5.41, 5.74) is 0. The number of hydrogen-bond acceptors (Lipinski definition) is 18. The molecule has 0 unspecified atom stereocenters. The minimum absolute atomic E-state index is 0.216. The summed E-state index contributed by atoms with van der Waals surface area (Å²) in [6.07, 6.45) is -12.4. The molecule has 0 aromatic carbocycles. The molecule has 2 aliphatic rings. The van der Waals surface area contributed by atoms with E-state index in [0.717, 1.165) is 48.0 Å². The van der Waals surface area contributed by atoms with Crippen molar-refractivity contribution in [1.82, 2.24) is 0 Å². The van der Waals surface area contributed by atoms with Crippen LogP contribution in [0.15, 0.2) is 0 Å². The van der Waals surface area contributed by atoms with E-state index in [2.05, 4.69) is 0 Å². The summed E-state index contributed by atoms with van der Waals surface area (Å²) in [4.78, 5) is 84.7. The summed E-state index contributed by atoms with van der Waals surface area (Å²) >= 11 is 0. The molecule has 0 saturated carbocycles. The van der Waals surface area contributed by atoms with Crippen LogP contribution in [0.5, 0.6) is 0 Å². The van der Waals surface area contributed by atoms with Crippen LogP contribution in [0.3, 0.4) is 0 Å². The number of hydrogen-bond donors (Lipinski definition) is 0. The zero-order chi connectivity index (χ0) is 36.8. The molecule has 0 spiro atoms. The minimum Gasteiger partial charge on any atom is -0.466 e. The Balaban J connectivity index is 2.43. The lowest BCUT2D eigenvalue weighted by molar-refractivity contribution is -0.330. The maximum atomic E-state index is 12.4. The minimum atomic E-state index is -1.51. The van der Waals surface area contributed by atoms with E-state index in [0.29, 0.717) is 6.42 Å². The van der Waals surface area contributed by atoms with Crippen LogP contribution in [0.4, 0.5) is 0 Å². The van der Waals surface area contributed by atoms with Gasteiger partial charge in [-0.05, 0) is 13.3 Å². The van der Waals surface area contributed by atoms with Crippen LogP contribution in [-0.4, -0.2) is 123 Å². The van der Waals surface area contributed by atoms with Gasteiger partial charge < -0.3 is 52.1 Å². The van der Waals surface area contributed by atoms with Crippen molar-refractivity contribution in [2.75, 3.05) is 19.8 Å². The molecule has 2 aliphatic heterocycles. The van der Waals surface area contributed by atoms with Crippen molar-refractivity contribution >= 4 is 41.8 Å². The molecule has 0 bridgehead atoms. The summed E-state index contributed by atoms with van der Waals surface area (Å²) in [5, 5.41) is 0. The van der Waals surface area contributed by atoms with Gasteiger partial charge in [0.25, 0.3) is 0 Å². The van der Waals surface area contributed by atoms with Crippen LogP contribution in [-0.2, 0) is 85.7 Å². The number of rotatable bonds is 16. The standard InChI is InChI=1S/C31H46O18/c1-9-10-11-39-24(38)12-15(2)42-31-29(48-21(8)37)27(46-19(6)35)25(44-17(4)33)23(49-31)14-41-30-28(47-20(7)36)26(45-18(5)34)22(13-40-30)43-16(3)32/h15,22-23,25-31H,9-14H2,1-8H3/t15-,22-,23+,25+,26-,27-,28+,29+,30-,31+/m0/s1. The molecule has 2 saturated heterocycles. The second-order valence-corrected chi connectivity index (χ2v) is 11.3. The molecule has 10 atom stereocenters. The van der Waals surface area contributed by atoms with Gasteiger partial charge in [-0.1, -0.05) is 13.3 Å². The monoisotopic (exact) mass is 706 g/mol. The van der Waals surface area contributed by atoms with Gasteiger partial charge in [-0.15, -0.1) is 0 Å². The smallest absolute Gasteiger partial charge is 0.308 e. The summed E-state index contributed by atoms with van der Waals surface area (Å²) in [7, 11) is 0. The average molecular weight is 707 g/mol. The van der Waals surface area contributed by atoms with Gasteiger partial charge >= 0.3 is 41.8 Å². The van der Waals surface area contributed by atoms with Gasteiger partial charge in [-0.25, -0.2) is 0 Å². The molecule has 2 rings (SSSR count). The highest BCUT2D eigenvalue weighted by molar-refractivity contribution is 5.70. The molecular formula is C31H46O18. The molecule has 0 aromatic heterocycles. The molecule has 2 heterocycles. The van der Waals surface area contributed by atoms with Crippen molar-refractivity contribution in [3.8, 4) is 0 Å². The topological polar surface area (TPSA) is 221 Å². The maximum Gasteiger partial charge on any atom is 0.308 e. The van der Waals surface area contributed by atoms with Crippen LogP contribution in [0, 0.1) is 0 Å². The van der Waals surface area contributed by atoms with Crippen molar-refractivity contribution in [3.05, 3.63) is 0 Å². The van der Waals surface area contributed by atoms with E-state index >= 15 is 0 Å². The largest absolute Gasteiger partial charge is 0.466 e. The molecule has 0 amide bonds. The van der Waals surface area contributed by atoms with Crippen LogP contribution in [0.25, 0.3) is 0 Å². The first-order valence-corrected chi connectivity index (χ1v) is 15.7. The van der Waals surface area contributed by atoms with Crippen LogP contribution in [0.1, 0.15) is 74.7 Å². The van der Waals surface area contributed by atoms with E-state index in [1.165, 1.54) is 6.92 Å². The Hall–Kier alpha value is -3.87. The van der Waals surface area contributed by atoms with Crippen molar-refractivity contribution in [3.63, 3.8) is 0 Å². The van der Waals surface area contributed by atoms with E-state index in [-0.39, 0.29) is 19.6 Å². The quantitative estimate of drug-likeness (QED) is 0.123. The second kappa shape index (κ2) is 20.0. The fourth-order valence-corrected chi connectivity index (χ4v) is 5.04. The van der Waals surface area contributed by atoms with E-state index < -0.39 is 110 Å². The number of carbonyl (C=O) groups is 7. The molecule has 278 valence electrons. The summed E-state index contributed by atoms with van der Waals surface area (Å²) in [6.45, 7) is 9.36. The lowest BCUT2D eigenvalue weighted by Crippen LogP contribution is -2.64. The van der Waals surface area contributed by atoms with Gasteiger partial charge in [0.2, 0.25) is 0 Å². The predicted molar refractivity (Wildman–Crippen MR) is 159 cm³/mol. The third kappa shape index (κ3) is 13.9. The fourth-order valence-electron chi connectivity index (χ4n) is 5.04. The highest BCUT2D eigenvalue weighted by atomic mass is 16.8.